The molecule has 1 aliphatic carbocycles. The van der Waals surface area contributed by atoms with Crippen LogP contribution < -0.4 is 5.32 Å². The van der Waals surface area contributed by atoms with Gasteiger partial charge in [0.15, 0.2) is 5.16 Å². The van der Waals surface area contributed by atoms with Crippen molar-refractivity contribution in [2.45, 2.75) is 63.6 Å². The van der Waals surface area contributed by atoms with Crippen LogP contribution in [0.1, 0.15) is 55.2 Å². The van der Waals surface area contributed by atoms with Gasteiger partial charge in [-0.2, -0.15) is 14.6 Å². The molecule has 0 saturated heterocycles. The van der Waals surface area contributed by atoms with Gasteiger partial charge in [0.05, 0.1) is 0 Å². The molecule has 3 aromatic heterocycles. The Balaban J connectivity index is 1.44. The van der Waals surface area contributed by atoms with Crippen molar-refractivity contribution in [2.75, 3.05) is 18.1 Å². The maximum Gasteiger partial charge on any atom is 0.254 e. The molecule has 1 saturated carbocycles. The second-order valence-electron chi connectivity index (χ2n) is 7.08. The zero-order valence-corrected chi connectivity index (χ0v) is 17.0. The minimum Gasteiger partial charge on any atom is -0.370 e. The SMILES string of the molecule is CSc1nnc(CCCNc2c(C)c(C)nc3ncnn23)n1C1CCCC1. The van der Waals surface area contributed by atoms with Crippen molar-refractivity contribution >= 4 is 23.4 Å². The van der Waals surface area contributed by atoms with Crippen molar-refractivity contribution in [1.29, 1.82) is 0 Å². The fourth-order valence-electron chi connectivity index (χ4n) is 3.84. The van der Waals surface area contributed by atoms with Gasteiger partial charge in [-0.25, -0.2) is 4.98 Å². The van der Waals surface area contributed by atoms with E-state index in [4.69, 9.17) is 0 Å². The van der Waals surface area contributed by atoms with Crippen LogP contribution in [0.25, 0.3) is 5.78 Å². The molecule has 8 nitrogen and oxygen atoms in total. The molecule has 3 aromatic rings. The molecule has 0 spiro atoms. The highest BCUT2D eigenvalue weighted by molar-refractivity contribution is 7.98. The molecular weight excluding hydrogens is 360 g/mol. The number of rotatable bonds is 7. The van der Waals surface area contributed by atoms with Crippen LogP contribution in [0.5, 0.6) is 0 Å². The summed E-state index contributed by atoms with van der Waals surface area (Å²) in [5, 5.41) is 17.7. The van der Waals surface area contributed by atoms with Crippen LogP contribution in [0.15, 0.2) is 11.5 Å². The summed E-state index contributed by atoms with van der Waals surface area (Å²) in [6, 6.07) is 0.574. The van der Waals surface area contributed by atoms with Crippen molar-refractivity contribution in [1.82, 2.24) is 34.3 Å². The summed E-state index contributed by atoms with van der Waals surface area (Å²) in [6.07, 6.45) is 10.6. The van der Waals surface area contributed by atoms with E-state index in [2.05, 4.69) is 48.3 Å². The first-order chi connectivity index (χ1) is 13.2. The Labute approximate surface area is 163 Å². The molecule has 144 valence electrons. The molecule has 9 heteroatoms. The lowest BCUT2D eigenvalue weighted by molar-refractivity contribution is 0.461. The Morgan fingerprint density at radius 1 is 1.22 bits per heavy atom. The van der Waals surface area contributed by atoms with Crippen LogP contribution in [-0.4, -0.2) is 47.1 Å². The van der Waals surface area contributed by atoms with Gasteiger partial charge in [0.25, 0.3) is 5.78 Å². The minimum atomic E-state index is 0.574. The molecule has 0 aliphatic heterocycles. The first kappa shape index (κ1) is 18.2. The number of thioether (sulfide) groups is 1. The summed E-state index contributed by atoms with van der Waals surface area (Å²) in [6.45, 7) is 4.90. The van der Waals surface area contributed by atoms with E-state index in [1.54, 1.807) is 22.6 Å². The Hall–Kier alpha value is -2.16. The van der Waals surface area contributed by atoms with E-state index in [1.807, 2.05) is 6.92 Å². The van der Waals surface area contributed by atoms with Crippen LogP contribution in [-0.2, 0) is 6.42 Å². The Kier molecular flexibility index (Phi) is 5.29. The van der Waals surface area contributed by atoms with E-state index < -0.39 is 0 Å². The Morgan fingerprint density at radius 2 is 2.04 bits per heavy atom. The maximum absolute atomic E-state index is 4.48. The number of anilines is 1. The molecule has 1 N–H and O–H groups in total. The van der Waals surface area contributed by atoms with Gasteiger partial charge in [-0.3, -0.25) is 0 Å². The molecule has 0 bridgehead atoms. The van der Waals surface area contributed by atoms with E-state index in [9.17, 15) is 0 Å². The van der Waals surface area contributed by atoms with Gasteiger partial charge in [-0.15, -0.1) is 10.2 Å². The largest absolute Gasteiger partial charge is 0.370 e. The summed E-state index contributed by atoms with van der Waals surface area (Å²) in [4.78, 5) is 8.67. The summed E-state index contributed by atoms with van der Waals surface area (Å²) in [5.74, 6) is 2.71. The van der Waals surface area contributed by atoms with Crippen molar-refractivity contribution in [3.63, 3.8) is 0 Å². The fraction of sp³-hybridized carbons (Fsp3) is 0.611. The second kappa shape index (κ2) is 7.84. The van der Waals surface area contributed by atoms with Gasteiger partial charge in [0, 0.05) is 30.3 Å². The molecule has 0 aromatic carbocycles. The molecule has 1 aliphatic rings. The first-order valence-electron chi connectivity index (χ1n) is 9.57. The smallest absolute Gasteiger partial charge is 0.254 e. The normalized spacial score (nSPS) is 15.1. The molecule has 0 unspecified atom stereocenters. The van der Waals surface area contributed by atoms with Crippen LogP contribution in [0, 0.1) is 13.8 Å². The third kappa shape index (κ3) is 3.52. The van der Waals surface area contributed by atoms with Crippen LogP contribution >= 0.6 is 11.8 Å². The number of hydrogen-bond donors (Lipinski definition) is 1. The highest BCUT2D eigenvalue weighted by Gasteiger charge is 2.23. The predicted molar refractivity (Wildman–Crippen MR) is 106 cm³/mol. The number of nitrogens with one attached hydrogen (secondary N) is 1. The van der Waals surface area contributed by atoms with Gasteiger partial charge in [-0.1, -0.05) is 24.6 Å². The number of fused-ring (bicyclic) bond motifs is 1. The van der Waals surface area contributed by atoms with E-state index in [1.165, 1.54) is 25.7 Å². The van der Waals surface area contributed by atoms with E-state index in [0.717, 1.165) is 47.4 Å². The zero-order chi connectivity index (χ0) is 18.8. The van der Waals surface area contributed by atoms with Gasteiger partial charge in [0.1, 0.15) is 18.0 Å². The highest BCUT2D eigenvalue weighted by atomic mass is 32.2. The molecular formula is C18H26N8S. The molecule has 0 atom stereocenters. The first-order valence-corrected chi connectivity index (χ1v) is 10.8. The van der Waals surface area contributed by atoms with Crippen molar-refractivity contribution in [3.05, 3.63) is 23.4 Å². The van der Waals surface area contributed by atoms with E-state index in [0.29, 0.717) is 11.8 Å². The van der Waals surface area contributed by atoms with Gasteiger partial charge < -0.3 is 9.88 Å². The standard InChI is InChI=1S/C18H26N8S/c1-12-13(2)22-17-20-11-21-26(17)16(12)19-10-6-9-15-23-24-18(27-3)25(15)14-7-4-5-8-14/h11,14,19H,4-10H2,1-3H3. The lowest BCUT2D eigenvalue weighted by Crippen LogP contribution is -2.14. The summed E-state index contributed by atoms with van der Waals surface area (Å²) < 4.78 is 4.16. The predicted octanol–water partition coefficient (Wildman–Crippen LogP) is 3.21. The number of nitrogens with zero attached hydrogens (tertiary/aromatic N) is 7. The summed E-state index contributed by atoms with van der Waals surface area (Å²) in [7, 11) is 0. The van der Waals surface area contributed by atoms with Gasteiger partial charge in [0.2, 0.25) is 0 Å². The highest BCUT2D eigenvalue weighted by Crippen LogP contribution is 2.33. The average molecular weight is 387 g/mol. The van der Waals surface area contributed by atoms with Crippen LogP contribution in [0.3, 0.4) is 0 Å². The lowest BCUT2D eigenvalue weighted by atomic mass is 10.2. The van der Waals surface area contributed by atoms with Gasteiger partial charge >= 0.3 is 0 Å². The molecule has 3 heterocycles. The maximum atomic E-state index is 4.48. The fourth-order valence-corrected chi connectivity index (χ4v) is 4.41. The van der Waals surface area contributed by atoms with Crippen LogP contribution in [0.2, 0.25) is 0 Å². The van der Waals surface area contributed by atoms with Crippen molar-refractivity contribution in [2.24, 2.45) is 0 Å². The summed E-state index contributed by atoms with van der Waals surface area (Å²) in [5.41, 5.74) is 2.08. The Morgan fingerprint density at radius 3 is 2.81 bits per heavy atom. The third-order valence-electron chi connectivity index (χ3n) is 5.38. The molecule has 4 rings (SSSR count). The molecule has 0 amide bonds. The molecule has 0 radical (unpaired) electrons. The quantitative estimate of drug-likeness (QED) is 0.493. The second-order valence-corrected chi connectivity index (χ2v) is 7.86. The topological polar surface area (TPSA) is 85.8 Å². The summed E-state index contributed by atoms with van der Waals surface area (Å²) >= 11 is 1.69. The van der Waals surface area contributed by atoms with E-state index in [-0.39, 0.29) is 0 Å². The van der Waals surface area contributed by atoms with Crippen LogP contribution in [0.4, 0.5) is 5.82 Å². The minimum absolute atomic E-state index is 0.574. The zero-order valence-electron chi connectivity index (χ0n) is 16.1. The average Bonchev–Trinajstić information content (AvgIpc) is 3.41. The lowest BCUT2D eigenvalue weighted by Gasteiger charge is -2.16. The van der Waals surface area contributed by atoms with E-state index >= 15 is 0 Å². The molecule has 1 fully saturated rings. The number of aryl methyl sites for hydroxylation is 2. The third-order valence-corrected chi connectivity index (χ3v) is 6.03. The van der Waals surface area contributed by atoms with Gasteiger partial charge in [-0.05, 0) is 39.4 Å². The monoisotopic (exact) mass is 386 g/mol. The number of aromatic nitrogens is 7. The van der Waals surface area contributed by atoms with Crippen molar-refractivity contribution in [3.8, 4) is 0 Å². The van der Waals surface area contributed by atoms with Crippen molar-refractivity contribution < 1.29 is 0 Å². The molecule has 27 heavy (non-hydrogen) atoms. The Bertz CT molecular complexity index is 925. The number of hydrogen-bond acceptors (Lipinski definition) is 7.